The summed E-state index contributed by atoms with van der Waals surface area (Å²) in [4.78, 5) is 39.6. The Balaban J connectivity index is 1.54. The summed E-state index contributed by atoms with van der Waals surface area (Å²) >= 11 is 0. The fraction of sp³-hybridized carbons (Fsp3) is 0.526. The largest absolute Gasteiger partial charge is 0.452 e. The molecule has 0 unspecified atom stereocenters. The zero-order valence-corrected chi connectivity index (χ0v) is 14.6. The van der Waals surface area contributed by atoms with E-state index in [1.807, 2.05) is 6.92 Å². The summed E-state index contributed by atoms with van der Waals surface area (Å²) < 4.78 is 5.17. The molecule has 0 aliphatic carbocycles. The van der Waals surface area contributed by atoms with Gasteiger partial charge in [-0.2, -0.15) is 0 Å². The number of hydrogen-bond acceptors (Lipinski definition) is 4. The molecule has 0 aromatic heterocycles. The first-order chi connectivity index (χ1) is 12.1. The molecule has 3 rings (SSSR count). The van der Waals surface area contributed by atoms with E-state index in [1.165, 1.54) is 0 Å². The van der Waals surface area contributed by atoms with Crippen molar-refractivity contribution in [2.45, 2.75) is 45.1 Å². The normalized spacial score (nSPS) is 20.7. The molecule has 6 heteroatoms. The summed E-state index contributed by atoms with van der Waals surface area (Å²) in [6.45, 7) is 3.24. The quantitative estimate of drug-likeness (QED) is 0.787. The number of hydrogen-bond donors (Lipinski definition) is 0. The Morgan fingerprint density at radius 2 is 1.88 bits per heavy atom. The van der Waals surface area contributed by atoms with Crippen molar-refractivity contribution in [3.05, 3.63) is 29.8 Å². The van der Waals surface area contributed by atoms with Gasteiger partial charge in [-0.15, -0.1) is 0 Å². The van der Waals surface area contributed by atoms with Gasteiger partial charge in [0.15, 0.2) is 6.61 Å². The van der Waals surface area contributed by atoms with Crippen LogP contribution in [0.4, 0.5) is 5.69 Å². The molecule has 1 atom stereocenters. The number of rotatable bonds is 4. The smallest absolute Gasteiger partial charge is 0.338 e. The summed E-state index contributed by atoms with van der Waals surface area (Å²) in [6.07, 6.45) is 4.56. The summed E-state index contributed by atoms with van der Waals surface area (Å²) in [7, 11) is 0. The van der Waals surface area contributed by atoms with Gasteiger partial charge in [-0.25, -0.2) is 4.79 Å². The molecule has 2 aliphatic heterocycles. The van der Waals surface area contributed by atoms with Gasteiger partial charge in [-0.3, -0.25) is 9.59 Å². The van der Waals surface area contributed by atoms with Crippen molar-refractivity contribution in [3.8, 4) is 0 Å². The predicted molar refractivity (Wildman–Crippen MR) is 93.3 cm³/mol. The molecule has 134 valence electrons. The van der Waals surface area contributed by atoms with E-state index in [0.29, 0.717) is 18.5 Å². The van der Waals surface area contributed by atoms with Crippen LogP contribution in [0.3, 0.4) is 0 Å². The van der Waals surface area contributed by atoms with Crippen LogP contribution in [-0.2, 0) is 14.3 Å². The SMILES string of the molecule is C[C@@H]1CCCCN1C(=O)COC(=O)c1ccc(N2CCCC2=O)cc1. The van der Waals surface area contributed by atoms with E-state index in [1.54, 1.807) is 34.1 Å². The minimum absolute atomic E-state index is 0.108. The maximum atomic E-state index is 12.2. The first kappa shape index (κ1) is 17.5. The molecular weight excluding hydrogens is 320 g/mol. The molecule has 0 bridgehead atoms. The van der Waals surface area contributed by atoms with Crippen molar-refractivity contribution in [2.24, 2.45) is 0 Å². The molecule has 2 heterocycles. The minimum Gasteiger partial charge on any atom is -0.452 e. The summed E-state index contributed by atoms with van der Waals surface area (Å²) in [5.41, 5.74) is 1.17. The van der Waals surface area contributed by atoms with Crippen molar-refractivity contribution >= 4 is 23.5 Å². The van der Waals surface area contributed by atoms with Gasteiger partial charge >= 0.3 is 5.97 Å². The van der Waals surface area contributed by atoms with Crippen molar-refractivity contribution in [1.29, 1.82) is 0 Å². The fourth-order valence-electron chi connectivity index (χ4n) is 3.46. The molecule has 0 radical (unpaired) electrons. The molecule has 2 amide bonds. The summed E-state index contributed by atoms with van der Waals surface area (Å²) in [6, 6.07) is 6.97. The highest BCUT2D eigenvalue weighted by Crippen LogP contribution is 2.22. The first-order valence-electron chi connectivity index (χ1n) is 8.93. The highest BCUT2D eigenvalue weighted by Gasteiger charge is 2.24. The molecule has 1 aromatic rings. The molecule has 6 nitrogen and oxygen atoms in total. The van der Waals surface area contributed by atoms with E-state index in [2.05, 4.69) is 0 Å². The van der Waals surface area contributed by atoms with E-state index in [4.69, 9.17) is 4.74 Å². The third kappa shape index (κ3) is 4.00. The van der Waals surface area contributed by atoms with Crippen LogP contribution in [0, 0.1) is 0 Å². The number of piperidine rings is 1. The molecule has 2 saturated heterocycles. The van der Waals surface area contributed by atoms with Gasteiger partial charge in [0.05, 0.1) is 5.56 Å². The number of carbonyl (C=O) groups is 3. The molecule has 2 aliphatic rings. The van der Waals surface area contributed by atoms with Gasteiger partial charge in [0.1, 0.15) is 0 Å². The second kappa shape index (κ2) is 7.68. The van der Waals surface area contributed by atoms with Gasteiger partial charge in [0.2, 0.25) is 5.91 Å². The number of benzene rings is 1. The maximum Gasteiger partial charge on any atom is 0.338 e. The highest BCUT2D eigenvalue weighted by molar-refractivity contribution is 5.96. The lowest BCUT2D eigenvalue weighted by molar-refractivity contribution is -0.137. The lowest BCUT2D eigenvalue weighted by Crippen LogP contribution is -2.44. The molecule has 0 spiro atoms. The Labute approximate surface area is 147 Å². The number of anilines is 1. The minimum atomic E-state index is -0.516. The van der Waals surface area contributed by atoms with Crippen LogP contribution in [0.1, 0.15) is 49.4 Å². The third-order valence-corrected chi connectivity index (χ3v) is 4.94. The molecular formula is C19H24N2O4. The van der Waals surface area contributed by atoms with Gasteiger partial charge < -0.3 is 14.5 Å². The second-order valence-corrected chi connectivity index (χ2v) is 6.70. The molecule has 2 fully saturated rings. The van der Waals surface area contributed by atoms with E-state index >= 15 is 0 Å². The summed E-state index contributed by atoms with van der Waals surface area (Å²) in [5.74, 6) is -0.547. The lowest BCUT2D eigenvalue weighted by atomic mass is 10.0. The van der Waals surface area contributed by atoms with Gasteiger partial charge in [-0.1, -0.05) is 0 Å². The Kier molecular flexibility index (Phi) is 5.36. The zero-order valence-electron chi connectivity index (χ0n) is 14.6. The van der Waals surface area contributed by atoms with Crippen LogP contribution in [-0.4, -0.2) is 48.4 Å². The Morgan fingerprint density at radius 3 is 2.52 bits per heavy atom. The van der Waals surface area contributed by atoms with Crippen LogP contribution < -0.4 is 4.90 Å². The van der Waals surface area contributed by atoms with Crippen LogP contribution in [0.2, 0.25) is 0 Å². The van der Waals surface area contributed by atoms with E-state index < -0.39 is 5.97 Å². The number of esters is 1. The third-order valence-electron chi connectivity index (χ3n) is 4.94. The molecule has 0 saturated carbocycles. The average Bonchev–Trinajstić information content (AvgIpc) is 3.06. The Bertz CT molecular complexity index is 656. The maximum absolute atomic E-state index is 12.2. The summed E-state index contributed by atoms with van der Waals surface area (Å²) in [5, 5.41) is 0. The average molecular weight is 344 g/mol. The lowest BCUT2D eigenvalue weighted by Gasteiger charge is -2.33. The van der Waals surface area contributed by atoms with Crippen molar-refractivity contribution in [2.75, 3.05) is 24.6 Å². The van der Waals surface area contributed by atoms with Crippen molar-refractivity contribution < 1.29 is 19.1 Å². The van der Waals surface area contributed by atoms with Crippen molar-refractivity contribution in [3.63, 3.8) is 0 Å². The molecule has 1 aromatic carbocycles. The number of carbonyl (C=O) groups excluding carboxylic acids is 3. The Morgan fingerprint density at radius 1 is 1.12 bits per heavy atom. The Hall–Kier alpha value is -2.37. The topological polar surface area (TPSA) is 66.9 Å². The monoisotopic (exact) mass is 344 g/mol. The first-order valence-corrected chi connectivity index (χ1v) is 8.93. The second-order valence-electron chi connectivity index (χ2n) is 6.70. The van der Waals surface area contributed by atoms with Crippen LogP contribution in [0.15, 0.2) is 24.3 Å². The fourth-order valence-corrected chi connectivity index (χ4v) is 3.46. The number of likely N-dealkylation sites (tertiary alicyclic amines) is 1. The van der Waals surface area contributed by atoms with E-state index in [0.717, 1.165) is 37.9 Å². The van der Waals surface area contributed by atoms with Crippen LogP contribution in [0.5, 0.6) is 0 Å². The van der Waals surface area contributed by atoms with Crippen LogP contribution >= 0.6 is 0 Å². The van der Waals surface area contributed by atoms with E-state index in [9.17, 15) is 14.4 Å². The van der Waals surface area contributed by atoms with Gasteiger partial charge in [-0.05, 0) is 56.9 Å². The highest BCUT2D eigenvalue weighted by atomic mass is 16.5. The number of ether oxygens (including phenoxy) is 1. The molecule has 0 N–H and O–H groups in total. The number of amides is 2. The number of nitrogens with zero attached hydrogens (tertiary/aromatic N) is 2. The predicted octanol–water partition coefficient (Wildman–Crippen LogP) is 2.37. The van der Waals surface area contributed by atoms with Crippen LogP contribution in [0.25, 0.3) is 0 Å². The van der Waals surface area contributed by atoms with E-state index in [-0.39, 0.29) is 24.5 Å². The molecule has 25 heavy (non-hydrogen) atoms. The van der Waals surface area contributed by atoms with Crippen molar-refractivity contribution in [1.82, 2.24) is 4.90 Å². The standard InChI is InChI=1S/C19H24N2O4/c1-14-5-2-3-11-20(14)18(23)13-25-19(24)15-7-9-16(10-8-15)21-12-4-6-17(21)22/h7-10,14H,2-6,11-13H2,1H3/t14-/m1/s1. The van der Waals surface area contributed by atoms with Gasteiger partial charge in [0, 0.05) is 31.2 Å². The van der Waals surface area contributed by atoms with Gasteiger partial charge in [0.25, 0.3) is 5.91 Å². The zero-order chi connectivity index (χ0) is 17.8.